The zero-order valence-corrected chi connectivity index (χ0v) is 10.9. The van der Waals surface area contributed by atoms with Gasteiger partial charge in [-0.15, -0.1) is 12.3 Å². The molecule has 0 amide bonds. The first-order valence-corrected chi connectivity index (χ1v) is 5.66. The van der Waals surface area contributed by atoms with Gasteiger partial charge in [0.15, 0.2) is 0 Å². The lowest BCUT2D eigenvalue weighted by molar-refractivity contribution is 0.0696. The molecule has 0 unspecified atom stereocenters. The molecule has 1 N–H and O–H groups in total. The highest BCUT2D eigenvalue weighted by Gasteiger charge is 2.19. The second-order valence-corrected chi connectivity index (χ2v) is 4.94. The van der Waals surface area contributed by atoms with Gasteiger partial charge in [-0.3, -0.25) is 0 Å². The van der Waals surface area contributed by atoms with E-state index in [2.05, 4.69) is 10.9 Å². The van der Waals surface area contributed by atoms with Crippen molar-refractivity contribution in [1.29, 1.82) is 0 Å². The normalized spacial score (nSPS) is 10.8. The Kier molecular flexibility index (Phi) is 4.33. The van der Waals surface area contributed by atoms with Crippen LogP contribution >= 0.6 is 0 Å². The van der Waals surface area contributed by atoms with E-state index in [9.17, 15) is 4.79 Å². The van der Waals surface area contributed by atoms with E-state index in [4.69, 9.17) is 16.3 Å². The van der Waals surface area contributed by atoms with Crippen LogP contribution < -0.4 is 4.74 Å². The Balaban J connectivity index is 3.07. The van der Waals surface area contributed by atoms with Gasteiger partial charge in [0.05, 0.1) is 11.3 Å². The maximum Gasteiger partial charge on any atom is 0.335 e. The number of terminal acetylenes is 1. The molecule has 0 aromatic carbocycles. The Bertz CT molecular complexity index is 481. The summed E-state index contributed by atoms with van der Waals surface area (Å²) in [4.78, 5) is 15.4. The molecule has 96 valence electrons. The highest BCUT2D eigenvalue weighted by Crippen LogP contribution is 2.24. The molecular weight excluding hydrogens is 230 g/mol. The summed E-state index contributed by atoms with van der Waals surface area (Å²) in [6.45, 7) is 6.22. The molecule has 4 heteroatoms. The monoisotopic (exact) mass is 247 g/mol. The van der Waals surface area contributed by atoms with Gasteiger partial charge in [-0.2, -0.15) is 0 Å². The van der Waals surface area contributed by atoms with Crippen LogP contribution in [-0.4, -0.2) is 22.7 Å². The Morgan fingerprint density at radius 2 is 2.17 bits per heavy atom. The molecule has 0 aliphatic carbocycles. The lowest BCUT2D eigenvalue weighted by Crippen LogP contribution is -2.16. The minimum atomic E-state index is -0.996. The predicted molar refractivity (Wildman–Crippen MR) is 68.8 cm³/mol. The molecule has 4 nitrogen and oxygen atoms in total. The van der Waals surface area contributed by atoms with Gasteiger partial charge >= 0.3 is 5.97 Å². The fourth-order valence-corrected chi connectivity index (χ4v) is 1.30. The number of hydrogen-bond donors (Lipinski definition) is 1. The van der Waals surface area contributed by atoms with Gasteiger partial charge in [-0.25, -0.2) is 9.78 Å². The Morgan fingerprint density at radius 3 is 2.67 bits per heavy atom. The van der Waals surface area contributed by atoms with Gasteiger partial charge in [0.25, 0.3) is 0 Å². The van der Waals surface area contributed by atoms with Crippen LogP contribution in [0.2, 0.25) is 0 Å². The van der Waals surface area contributed by atoms with E-state index in [1.165, 1.54) is 6.07 Å². The van der Waals surface area contributed by atoms with Crippen molar-refractivity contribution in [1.82, 2.24) is 4.98 Å². The number of hydrogen-bond acceptors (Lipinski definition) is 3. The van der Waals surface area contributed by atoms with E-state index < -0.39 is 5.97 Å². The smallest absolute Gasteiger partial charge is 0.335 e. The van der Waals surface area contributed by atoms with Crippen molar-refractivity contribution >= 4 is 5.97 Å². The lowest BCUT2D eigenvalue weighted by atomic mass is 9.91. The maximum atomic E-state index is 11.0. The van der Waals surface area contributed by atoms with Crippen LogP contribution in [-0.2, 0) is 5.41 Å². The number of aromatic carboxylic acids is 1. The van der Waals surface area contributed by atoms with Gasteiger partial charge in [0.1, 0.15) is 6.61 Å². The molecule has 0 fully saturated rings. The van der Waals surface area contributed by atoms with Gasteiger partial charge in [0, 0.05) is 17.9 Å². The van der Waals surface area contributed by atoms with Crippen LogP contribution in [0, 0.1) is 12.3 Å². The Labute approximate surface area is 107 Å². The molecule has 1 aromatic heterocycles. The first kappa shape index (κ1) is 14.0. The molecule has 1 aromatic rings. The fraction of sp³-hybridized carbons (Fsp3) is 0.429. The number of aromatic nitrogens is 1. The topological polar surface area (TPSA) is 59.4 Å². The molecule has 0 saturated heterocycles. The van der Waals surface area contributed by atoms with Gasteiger partial charge in [-0.1, -0.05) is 20.8 Å². The van der Waals surface area contributed by atoms with Crippen molar-refractivity contribution in [2.45, 2.75) is 32.6 Å². The third-order valence-electron chi connectivity index (χ3n) is 2.31. The molecule has 0 aliphatic rings. The summed E-state index contributed by atoms with van der Waals surface area (Å²) in [7, 11) is 0. The summed E-state index contributed by atoms with van der Waals surface area (Å²) in [6, 6.07) is 2.98. The number of carboxylic acid groups (broad SMARTS) is 1. The maximum absolute atomic E-state index is 11.0. The average molecular weight is 247 g/mol. The fourth-order valence-electron chi connectivity index (χ4n) is 1.30. The van der Waals surface area contributed by atoms with Crippen molar-refractivity contribution in [2.24, 2.45) is 0 Å². The molecule has 0 spiro atoms. The van der Waals surface area contributed by atoms with E-state index in [1.807, 2.05) is 20.8 Å². The summed E-state index contributed by atoms with van der Waals surface area (Å²) in [5.41, 5.74) is 0.610. The molecule has 0 atom stereocenters. The summed E-state index contributed by atoms with van der Waals surface area (Å²) >= 11 is 0. The number of carboxylic acids is 1. The van der Waals surface area contributed by atoms with Crippen LogP contribution in [0.25, 0.3) is 0 Å². The quantitative estimate of drug-likeness (QED) is 0.656. The van der Waals surface area contributed by atoms with E-state index in [-0.39, 0.29) is 11.0 Å². The van der Waals surface area contributed by atoms with Crippen LogP contribution in [0.15, 0.2) is 12.1 Å². The SMILES string of the molecule is C#CCCOc1cc(C(=O)O)cc(C(C)(C)C)n1. The third-order valence-corrected chi connectivity index (χ3v) is 2.31. The van der Waals surface area contributed by atoms with E-state index in [1.54, 1.807) is 6.07 Å². The van der Waals surface area contributed by atoms with E-state index in [0.29, 0.717) is 24.6 Å². The second-order valence-electron chi connectivity index (χ2n) is 4.94. The Hall–Kier alpha value is -2.02. The molecule has 1 rings (SSSR count). The largest absolute Gasteiger partial charge is 0.478 e. The zero-order chi connectivity index (χ0) is 13.8. The highest BCUT2D eigenvalue weighted by molar-refractivity contribution is 5.88. The van der Waals surface area contributed by atoms with Crippen molar-refractivity contribution in [3.8, 4) is 18.2 Å². The third kappa shape index (κ3) is 3.77. The zero-order valence-electron chi connectivity index (χ0n) is 10.9. The number of pyridine rings is 1. The summed E-state index contributed by atoms with van der Waals surface area (Å²) < 4.78 is 5.36. The molecule has 0 aliphatic heterocycles. The van der Waals surface area contributed by atoms with Crippen molar-refractivity contribution in [3.05, 3.63) is 23.4 Å². The minimum absolute atomic E-state index is 0.172. The number of ether oxygens (including phenoxy) is 1. The summed E-state index contributed by atoms with van der Waals surface area (Å²) in [5, 5.41) is 9.06. The van der Waals surface area contributed by atoms with Gasteiger partial charge in [0.2, 0.25) is 5.88 Å². The van der Waals surface area contributed by atoms with Crippen LogP contribution in [0.4, 0.5) is 0 Å². The first-order chi connectivity index (χ1) is 8.34. The summed E-state index contributed by atoms with van der Waals surface area (Å²) in [5.74, 6) is 1.76. The molecule has 1 heterocycles. The van der Waals surface area contributed by atoms with Gasteiger partial charge < -0.3 is 9.84 Å². The second kappa shape index (κ2) is 5.54. The number of nitrogens with zero attached hydrogens (tertiary/aromatic N) is 1. The molecule has 0 radical (unpaired) electrons. The number of rotatable bonds is 4. The van der Waals surface area contributed by atoms with Gasteiger partial charge in [-0.05, 0) is 6.07 Å². The first-order valence-electron chi connectivity index (χ1n) is 5.66. The predicted octanol–water partition coefficient (Wildman–Crippen LogP) is 2.48. The van der Waals surface area contributed by atoms with Crippen molar-refractivity contribution in [3.63, 3.8) is 0 Å². The standard InChI is InChI=1S/C14H17NO3/c1-5-6-7-18-12-9-10(13(16)17)8-11(15-12)14(2,3)4/h1,8-9H,6-7H2,2-4H3,(H,16,17). The molecule has 18 heavy (non-hydrogen) atoms. The number of carbonyl (C=O) groups is 1. The van der Waals surface area contributed by atoms with Crippen LogP contribution in [0.5, 0.6) is 5.88 Å². The summed E-state index contributed by atoms with van der Waals surface area (Å²) in [6.07, 6.45) is 5.59. The van der Waals surface area contributed by atoms with E-state index >= 15 is 0 Å². The van der Waals surface area contributed by atoms with Crippen molar-refractivity contribution in [2.75, 3.05) is 6.61 Å². The van der Waals surface area contributed by atoms with Crippen LogP contribution in [0.3, 0.4) is 0 Å². The molecular formula is C14H17NO3. The van der Waals surface area contributed by atoms with Crippen molar-refractivity contribution < 1.29 is 14.6 Å². The Morgan fingerprint density at radius 1 is 1.50 bits per heavy atom. The molecule has 0 saturated carbocycles. The molecule has 0 bridgehead atoms. The van der Waals surface area contributed by atoms with E-state index in [0.717, 1.165) is 0 Å². The lowest BCUT2D eigenvalue weighted by Gasteiger charge is -2.19. The average Bonchev–Trinajstić information content (AvgIpc) is 2.28. The van der Waals surface area contributed by atoms with Crippen LogP contribution in [0.1, 0.15) is 43.2 Å². The highest BCUT2D eigenvalue weighted by atomic mass is 16.5. The minimum Gasteiger partial charge on any atom is -0.478 e.